The van der Waals surface area contributed by atoms with E-state index in [-0.39, 0.29) is 35.1 Å². The van der Waals surface area contributed by atoms with E-state index < -0.39 is 5.60 Å². The standard InChI is InChI=1S/C24H34O4/c1-16(2)19-11-14-23(3)12-6-13-24(4,27)22(23)21(19)28-20(26)10-9-17-7-5-8-18(25)15-17/h5,7-10,15-16,19,21-22,25,27H,6,11-14H2,1-4H3/b10-9+/t19-,21+,22+,23+,24-/m0/s1. The van der Waals surface area contributed by atoms with E-state index >= 15 is 0 Å². The monoisotopic (exact) mass is 386 g/mol. The number of carbonyl (C=O) groups is 1. The van der Waals surface area contributed by atoms with Gasteiger partial charge in [0.25, 0.3) is 0 Å². The first-order valence-corrected chi connectivity index (χ1v) is 10.5. The number of esters is 1. The van der Waals surface area contributed by atoms with Crippen LogP contribution >= 0.6 is 0 Å². The summed E-state index contributed by atoms with van der Waals surface area (Å²) in [5, 5.41) is 20.8. The summed E-state index contributed by atoms with van der Waals surface area (Å²) in [5.41, 5.74) is -0.0662. The zero-order valence-corrected chi connectivity index (χ0v) is 17.5. The zero-order valence-electron chi connectivity index (χ0n) is 17.5. The quantitative estimate of drug-likeness (QED) is 0.568. The van der Waals surface area contributed by atoms with E-state index in [0.717, 1.165) is 37.7 Å². The molecule has 0 heterocycles. The van der Waals surface area contributed by atoms with E-state index in [1.54, 1.807) is 24.3 Å². The molecule has 1 aromatic carbocycles. The minimum Gasteiger partial charge on any atom is -0.508 e. The minimum absolute atomic E-state index is 0.00697. The van der Waals surface area contributed by atoms with Crippen molar-refractivity contribution in [3.05, 3.63) is 35.9 Å². The minimum atomic E-state index is -0.819. The number of fused-ring (bicyclic) bond motifs is 1. The summed E-state index contributed by atoms with van der Waals surface area (Å²) in [7, 11) is 0. The van der Waals surface area contributed by atoms with E-state index in [2.05, 4.69) is 20.8 Å². The van der Waals surface area contributed by atoms with Gasteiger partial charge in [0.15, 0.2) is 0 Å². The molecular weight excluding hydrogens is 352 g/mol. The molecule has 2 saturated carbocycles. The number of phenols is 1. The van der Waals surface area contributed by atoms with E-state index in [0.29, 0.717) is 5.92 Å². The van der Waals surface area contributed by atoms with Crippen LogP contribution in [0.15, 0.2) is 30.3 Å². The first kappa shape index (κ1) is 20.9. The predicted molar refractivity (Wildman–Crippen MR) is 111 cm³/mol. The molecule has 0 amide bonds. The number of aliphatic hydroxyl groups is 1. The molecule has 28 heavy (non-hydrogen) atoms. The third kappa shape index (κ3) is 4.27. The van der Waals surface area contributed by atoms with Gasteiger partial charge in [0, 0.05) is 12.0 Å². The fraction of sp³-hybridized carbons (Fsp3) is 0.625. The maximum atomic E-state index is 12.7. The van der Waals surface area contributed by atoms with Crippen LogP contribution in [0, 0.1) is 23.2 Å². The number of carbonyl (C=O) groups excluding carboxylic acids is 1. The summed E-state index contributed by atoms with van der Waals surface area (Å²) < 4.78 is 6.04. The van der Waals surface area contributed by atoms with Gasteiger partial charge < -0.3 is 14.9 Å². The van der Waals surface area contributed by atoms with Crippen LogP contribution in [0.4, 0.5) is 0 Å². The highest BCUT2D eigenvalue weighted by molar-refractivity contribution is 5.87. The van der Waals surface area contributed by atoms with Crippen molar-refractivity contribution in [2.45, 2.75) is 71.5 Å². The van der Waals surface area contributed by atoms with Crippen LogP contribution in [-0.2, 0) is 9.53 Å². The smallest absolute Gasteiger partial charge is 0.331 e. The third-order valence-corrected chi connectivity index (χ3v) is 7.04. The Bertz CT molecular complexity index is 736. The van der Waals surface area contributed by atoms with Gasteiger partial charge in [0.1, 0.15) is 11.9 Å². The van der Waals surface area contributed by atoms with Crippen LogP contribution in [0.5, 0.6) is 5.75 Å². The molecule has 5 atom stereocenters. The number of hydrogen-bond donors (Lipinski definition) is 2. The number of benzene rings is 1. The first-order valence-electron chi connectivity index (χ1n) is 10.5. The maximum absolute atomic E-state index is 12.7. The zero-order chi connectivity index (χ0) is 20.5. The Balaban J connectivity index is 1.83. The maximum Gasteiger partial charge on any atom is 0.331 e. The molecule has 1 aromatic rings. The molecule has 154 valence electrons. The van der Waals surface area contributed by atoms with Crippen molar-refractivity contribution < 1.29 is 19.7 Å². The van der Waals surface area contributed by atoms with Gasteiger partial charge in [-0.05, 0) is 73.6 Å². The molecule has 4 nitrogen and oxygen atoms in total. The molecular formula is C24H34O4. The van der Waals surface area contributed by atoms with Crippen LogP contribution < -0.4 is 0 Å². The van der Waals surface area contributed by atoms with Gasteiger partial charge >= 0.3 is 5.97 Å². The van der Waals surface area contributed by atoms with Crippen molar-refractivity contribution in [2.75, 3.05) is 0 Å². The first-order chi connectivity index (χ1) is 13.1. The van der Waals surface area contributed by atoms with Crippen LogP contribution in [0.1, 0.15) is 65.4 Å². The normalized spacial score (nSPS) is 35.7. The molecule has 0 aliphatic heterocycles. The Hall–Kier alpha value is -1.81. The van der Waals surface area contributed by atoms with E-state index in [4.69, 9.17) is 4.74 Å². The highest BCUT2D eigenvalue weighted by Crippen LogP contribution is 2.57. The third-order valence-electron chi connectivity index (χ3n) is 7.04. The molecule has 2 aliphatic rings. The fourth-order valence-corrected chi connectivity index (χ4v) is 5.68. The molecule has 4 heteroatoms. The average molecular weight is 387 g/mol. The molecule has 0 bridgehead atoms. The lowest BCUT2D eigenvalue weighted by molar-refractivity contribution is -0.201. The molecule has 3 rings (SSSR count). The van der Waals surface area contributed by atoms with Crippen LogP contribution in [0.25, 0.3) is 6.08 Å². The van der Waals surface area contributed by atoms with E-state index in [1.165, 1.54) is 6.08 Å². The van der Waals surface area contributed by atoms with E-state index in [9.17, 15) is 15.0 Å². The molecule has 0 radical (unpaired) electrons. The highest BCUT2D eigenvalue weighted by atomic mass is 16.5. The molecule has 0 saturated heterocycles. The van der Waals surface area contributed by atoms with E-state index in [1.807, 2.05) is 13.0 Å². The number of aromatic hydroxyl groups is 1. The second-order valence-corrected chi connectivity index (χ2v) is 9.62. The number of rotatable bonds is 4. The summed E-state index contributed by atoms with van der Waals surface area (Å²) in [6.07, 6.45) is 7.75. The van der Waals surface area contributed by atoms with Crippen molar-refractivity contribution in [2.24, 2.45) is 23.2 Å². The topological polar surface area (TPSA) is 66.8 Å². The summed E-state index contributed by atoms with van der Waals surface area (Å²) in [6.45, 7) is 8.52. The Kier molecular flexibility index (Phi) is 5.90. The molecule has 2 aliphatic carbocycles. The van der Waals surface area contributed by atoms with Crippen molar-refractivity contribution in [3.8, 4) is 5.75 Å². The van der Waals surface area contributed by atoms with Gasteiger partial charge in [0.05, 0.1) is 5.60 Å². The molecule has 0 spiro atoms. The second kappa shape index (κ2) is 7.90. The summed E-state index contributed by atoms with van der Waals surface area (Å²) >= 11 is 0. The number of phenolic OH excluding ortho intramolecular Hbond substituents is 1. The lowest BCUT2D eigenvalue weighted by Gasteiger charge is -2.57. The fourth-order valence-electron chi connectivity index (χ4n) is 5.68. The Morgan fingerprint density at radius 1 is 1.25 bits per heavy atom. The molecule has 0 unspecified atom stereocenters. The second-order valence-electron chi connectivity index (χ2n) is 9.62. The van der Waals surface area contributed by atoms with Gasteiger partial charge in [-0.1, -0.05) is 39.3 Å². The predicted octanol–water partition coefficient (Wildman–Crippen LogP) is 4.94. The van der Waals surface area contributed by atoms with Crippen LogP contribution in [-0.4, -0.2) is 27.9 Å². The van der Waals surface area contributed by atoms with Gasteiger partial charge in [-0.25, -0.2) is 4.79 Å². The summed E-state index contributed by atoms with van der Waals surface area (Å²) in [4.78, 5) is 12.7. The van der Waals surface area contributed by atoms with Crippen LogP contribution in [0.3, 0.4) is 0 Å². The lowest BCUT2D eigenvalue weighted by atomic mass is 9.51. The Morgan fingerprint density at radius 3 is 2.68 bits per heavy atom. The summed E-state index contributed by atoms with van der Waals surface area (Å²) in [6, 6.07) is 6.76. The van der Waals surface area contributed by atoms with Crippen molar-refractivity contribution >= 4 is 12.0 Å². The van der Waals surface area contributed by atoms with Gasteiger partial charge in [-0.15, -0.1) is 0 Å². The highest BCUT2D eigenvalue weighted by Gasteiger charge is 2.57. The summed E-state index contributed by atoms with van der Waals surface area (Å²) in [5.74, 6) is 0.366. The molecule has 2 N–H and O–H groups in total. The van der Waals surface area contributed by atoms with Gasteiger partial charge in [-0.3, -0.25) is 0 Å². The Labute approximate surface area is 168 Å². The Morgan fingerprint density at radius 2 is 2.00 bits per heavy atom. The number of ether oxygens (including phenoxy) is 1. The van der Waals surface area contributed by atoms with Crippen LogP contribution in [0.2, 0.25) is 0 Å². The largest absolute Gasteiger partial charge is 0.508 e. The van der Waals surface area contributed by atoms with Gasteiger partial charge in [-0.2, -0.15) is 0 Å². The van der Waals surface area contributed by atoms with Crippen molar-refractivity contribution in [3.63, 3.8) is 0 Å². The molecule has 0 aromatic heterocycles. The lowest BCUT2D eigenvalue weighted by Crippen LogP contribution is -2.59. The number of hydrogen-bond acceptors (Lipinski definition) is 4. The SMILES string of the molecule is CC(C)[C@@H]1CC[C@@]2(C)CCC[C@](C)(O)[C@@H]2[C@@H]1OC(=O)/C=C/c1cccc(O)c1. The van der Waals surface area contributed by atoms with Crippen molar-refractivity contribution in [1.29, 1.82) is 0 Å². The van der Waals surface area contributed by atoms with Crippen molar-refractivity contribution in [1.82, 2.24) is 0 Å². The molecule has 2 fully saturated rings. The van der Waals surface area contributed by atoms with Gasteiger partial charge in [0.2, 0.25) is 0 Å². The average Bonchev–Trinajstić information content (AvgIpc) is 2.59.